The van der Waals surface area contributed by atoms with Crippen LogP contribution in [-0.2, 0) is 0 Å². The zero-order chi connectivity index (χ0) is 14.4. The third-order valence-electron chi connectivity index (χ3n) is 2.40. The number of nitrogen functional groups attached to an aromatic ring is 1. The van der Waals surface area contributed by atoms with Crippen molar-refractivity contribution in [2.45, 2.75) is 20.3 Å². The van der Waals surface area contributed by atoms with Crippen molar-refractivity contribution in [2.75, 3.05) is 31.2 Å². The van der Waals surface area contributed by atoms with Gasteiger partial charge in [-0.15, -0.1) is 11.3 Å². The predicted octanol–water partition coefficient (Wildman–Crippen LogP) is 2.47. The Kier molecular flexibility index (Phi) is 5.69. The highest BCUT2D eigenvalue weighted by molar-refractivity contribution is 7.19. The zero-order valence-corrected chi connectivity index (χ0v) is 12.4. The molecule has 1 aromatic rings. The van der Waals surface area contributed by atoms with Crippen LogP contribution in [0, 0.1) is 0 Å². The van der Waals surface area contributed by atoms with Crippen LogP contribution in [0.4, 0.5) is 10.7 Å². The number of rotatable bonds is 7. The van der Waals surface area contributed by atoms with E-state index in [1.807, 2.05) is 13.8 Å². The van der Waals surface area contributed by atoms with Gasteiger partial charge >= 0.3 is 0 Å². The van der Waals surface area contributed by atoms with Crippen molar-refractivity contribution in [3.63, 3.8) is 0 Å². The number of carbonyl (C=O) groups excluding carboxylic acids is 1. The van der Waals surface area contributed by atoms with Crippen molar-refractivity contribution < 1.29 is 9.53 Å². The minimum atomic E-state index is -0.161. The number of ether oxygens (including phenoxy) is 1. The standard InChI is InChI=1S/C13H21N3O2S/c1-5-6-15-12(17)11-9(14)10(18-4)13(19-11)16-7-8(2)3/h16H,2,5-7,14H2,1,3-4H3,(H,15,17). The summed E-state index contributed by atoms with van der Waals surface area (Å²) in [6, 6.07) is 0. The second kappa shape index (κ2) is 7.04. The van der Waals surface area contributed by atoms with Crippen LogP contribution in [0.5, 0.6) is 5.75 Å². The molecule has 0 saturated heterocycles. The second-order valence-electron chi connectivity index (χ2n) is 4.27. The Labute approximate surface area is 117 Å². The quantitative estimate of drug-likeness (QED) is 0.672. The van der Waals surface area contributed by atoms with E-state index in [4.69, 9.17) is 10.5 Å². The topological polar surface area (TPSA) is 76.4 Å². The van der Waals surface area contributed by atoms with Gasteiger partial charge in [0.05, 0.1) is 7.11 Å². The maximum atomic E-state index is 12.0. The van der Waals surface area contributed by atoms with Crippen molar-refractivity contribution >= 4 is 27.9 Å². The molecule has 6 heteroatoms. The lowest BCUT2D eigenvalue weighted by atomic mass is 10.3. The van der Waals surface area contributed by atoms with Crippen molar-refractivity contribution in [2.24, 2.45) is 0 Å². The number of amides is 1. The van der Waals surface area contributed by atoms with E-state index in [-0.39, 0.29) is 5.91 Å². The van der Waals surface area contributed by atoms with Crippen LogP contribution >= 0.6 is 11.3 Å². The van der Waals surface area contributed by atoms with Crippen molar-refractivity contribution in [1.82, 2.24) is 5.32 Å². The number of hydrogen-bond acceptors (Lipinski definition) is 5. The molecule has 0 unspecified atom stereocenters. The molecule has 0 fully saturated rings. The highest BCUT2D eigenvalue weighted by Gasteiger charge is 2.21. The van der Waals surface area contributed by atoms with E-state index < -0.39 is 0 Å². The summed E-state index contributed by atoms with van der Waals surface area (Å²) in [4.78, 5) is 12.4. The molecule has 0 aliphatic carbocycles. The third-order valence-corrected chi connectivity index (χ3v) is 3.54. The van der Waals surface area contributed by atoms with Gasteiger partial charge in [-0.3, -0.25) is 4.79 Å². The van der Waals surface area contributed by atoms with E-state index in [0.717, 1.165) is 17.0 Å². The lowest BCUT2D eigenvalue weighted by molar-refractivity contribution is 0.0958. The number of methoxy groups -OCH3 is 1. The number of thiophene rings is 1. The third kappa shape index (κ3) is 3.89. The maximum absolute atomic E-state index is 12.0. The van der Waals surface area contributed by atoms with E-state index >= 15 is 0 Å². The van der Waals surface area contributed by atoms with E-state index in [9.17, 15) is 4.79 Å². The molecule has 1 rings (SSSR count). The Morgan fingerprint density at radius 3 is 2.74 bits per heavy atom. The fourth-order valence-corrected chi connectivity index (χ4v) is 2.47. The minimum absolute atomic E-state index is 0.161. The Morgan fingerprint density at radius 2 is 2.21 bits per heavy atom. The summed E-state index contributed by atoms with van der Waals surface area (Å²) in [7, 11) is 1.54. The average Bonchev–Trinajstić information content (AvgIpc) is 2.69. The molecule has 0 aliphatic heterocycles. The fraction of sp³-hybridized carbons (Fsp3) is 0.462. The molecule has 0 aliphatic rings. The molecular formula is C13H21N3O2S. The summed E-state index contributed by atoms with van der Waals surface area (Å²) in [5, 5.41) is 6.73. The number of carbonyl (C=O) groups is 1. The lowest BCUT2D eigenvalue weighted by Crippen LogP contribution is -2.23. The van der Waals surface area contributed by atoms with Gasteiger partial charge in [0.1, 0.15) is 15.6 Å². The molecule has 0 radical (unpaired) electrons. The van der Waals surface area contributed by atoms with Crippen molar-refractivity contribution in [1.29, 1.82) is 0 Å². The molecule has 1 amide bonds. The van der Waals surface area contributed by atoms with E-state index in [1.165, 1.54) is 18.4 Å². The highest BCUT2D eigenvalue weighted by atomic mass is 32.1. The summed E-state index contributed by atoms with van der Waals surface area (Å²) >= 11 is 1.30. The first-order valence-corrected chi connectivity index (χ1v) is 6.95. The molecule has 1 aromatic heterocycles. The minimum Gasteiger partial charge on any atom is -0.492 e. The van der Waals surface area contributed by atoms with Crippen LogP contribution < -0.4 is 21.1 Å². The molecule has 5 nitrogen and oxygen atoms in total. The molecule has 4 N–H and O–H groups in total. The summed E-state index contributed by atoms with van der Waals surface area (Å²) in [6.07, 6.45) is 0.884. The highest BCUT2D eigenvalue weighted by Crippen LogP contribution is 2.42. The molecule has 0 saturated carbocycles. The molecule has 0 atom stereocenters. The van der Waals surface area contributed by atoms with Gasteiger partial charge in [-0.1, -0.05) is 19.1 Å². The van der Waals surface area contributed by atoms with Crippen LogP contribution in [0.3, 0.4) is 0 Å². The van der Waals surface area contributed by atoms with Gasteiger partial charge in [0.15, 0.2) is 5.75 Å². The van der Waals surface area contributed by atoms with Gasteiger partial charge in [0.2, 0.25) is 0 Å². The molecule has 0 aromatic carbocycles. The molecule has 0 bridgehead atoms. The maximum Gasteiger partial charge on any atom is 0.263 e. The van der Waals surface area contributed by atoms with E-state index in [0.29, 0.717) is 29.4 Å². The van der Waals surface area contributed by atoms with Gasteiger partial charge in [0.25, 0.3) is 5.91 Å². The average molecular weight is 283 g/mol. The first-order chi connectivity index (χ1) is 9.01. The lowest BCUT2D eigenvalue weighted by Gasteiger charge is -2.06. The Hall–Kier alpha value is -1.69. The van der Waals surface area contributed by atoms with Gasteiger partial charge in [-0.05, 0) is 13.3 Å². The number of nitrogens with two attached hydrogens (primary N) is 1. The molecule has 0 spiro atoms. The monoisotopic (exact) mass is 283 g/mol. The largest absolute Gasteiger partial charge is 0.492 e. The molecular weight excluding hydrogens is 262 g/mol. The summed E-state index contributed by atoms with van der Waals surface area (Å²) in [6.45, 7) is 8.99. The first-order valence-electron chi connectivity index (χ1n) is 6.13. The summed E-state index contributed by atoms with van der Waals surface area (Å²) < 4.78 is 5.26. The van der Waals surface area contributed by atoms with Crippen LogP contribution in [0.25, 0.3) is 0 Å². The van der Waals surface area contributed by atoms with Crippen molar-refractivity contribution in [3.05, 3.63) is 17.0 Å². The number of anilines is 2. The van der Waals surface area contributed by atoms with E-state index in [2.05, 4.69) is 17.2 Å². The molecule has 1 heterocycles. The summed E-state index contributed by atoms with van der Waals surface area (Å²) in [5.74, 6) is 0.360. The van der Waals surface area contributed by atoms with Crippen LogP contribution in [-0.4, -0.2) is 26.1 Å². The van der Waals surface area contributed by atoms with Crippen molar-refractivity contribution in [3.8, 4) is 5.75 Å². The molecule has 19 heavy (non-hydrogen) atoms. The van der Waals surface area contributed by atoms with E-state index in [1.54, 1.807) is 0 Å². The van der Waals surface area contributed by atoms with Crippen LogP contribution in [0.1, 0.15) is 29.9 Å². The zero-order valence-electron chi connectivity index (χ0n) is 11.6. The smallest absolute Gasteiger partial charge is 0.263 e. The van der Waals surface area contributed by atoms with Gasteiger partial charge in [-0.25, -0.2) is 0 Å². The Bertz CT molecular complexity index is 469. The SMILES string of the molecule is C=C(C)CNc1sc(C(=O)NCCC)c(N)c1OC. The Balaban J connectivity index is 2.94. The second-order valence-corrected chi connectivity index (χ2v) is 5.29. The molecule has 106 valence electrons. The number of hydrogen-bond donors (Lipinski definition) is 3. The van der Waals surface area contributed by atoms with Crippen LogP contribution in [0.15, 0.2) is 12.2 Å². The first kappa shape index (κ1) is 15.4. The number of nitrogens with one attached hydrogen (secondary N) is 2. The van der Waals surface area contributed by atoms with Crippen LogP contribution in [0.2, 0.25) is 0 Å². The summed E-state index contributed by atoms with van der Waals surface area (Å²) in [5.41, 5.74) is 7.33. The van der Waals surface area contributed by atoms with Gasteiger partial charge < -0.3 is 21.1 Å². The Morgan fingerprint density at radius 1 is 1.53 bits per heavy atom. The normalized spacial score (nSPS) is 10.1. The van der Waals surface area contributed by atoms with Gasteiger partial charge in [0, 0.05) is 13.1 Å². The predicted molar refractivity (Wildman–Crippen MR) is 81.2 cm³/mol. The fourth-order valence-electron chi connectivity index (χ4n) is 1.47. The van der Waals surface area contributed by atoms with Gasteiger partial charge in [-0.2, -0.15) is 0 Å².